The maximum absolute atomic E-state index is 13.0. The molecule has 3 N–H and O–H groups in total. The van der Waals surface area contributed by atoms with Crippen LogP contribution in [0.1, 0.15) is 24.3 Å². The molecule has 7 nitrogen and oxygen atoms in total. The molecule has 1 amide bonds. The van der Waals surface area contributed by atoms with Gasteiger partial charge in [0.1, 0.15) is 11.4 Å². The molecule has 0 radical (unpaired) electrons. The van der Waals surface area contributed by atoms with Gasteiger partial charge in [-0.2, -0.15) is 0 Å². The number of aliphatic hydroxyl groups excluding tert-OH is 1. The minimum Gasteiger partial charge on any atom is -0.479 e. The molecule has 156 valence electrons. The van der Waals surface area contributed by atoms with Crippen LogP contribution < -0.4 is 10.1 Å². The average molecular weight is 427 g/mol. The summed E-state index contributed by atoms with van der Waals surface area (Å²) in [5.41, 5.74) is 4.04. The third-order valence-electron chi connectivity index (χ3n) is 5.79. The largest absolute Gasteiger partial charge is 0.479 e. The highest BCUT2D eigenvalue weighted by Crippen LogP contribution is 2.43. The number of benzene rings is 1. The fourth-order valence-corrected chi connectivity index (χ4v) is 4.50. The number of fused-ring (bicyclic) bond motifs is 2. The summed E-state index contributed by atoms with van der Waals surface area (Å²) in [5.74, 6) is 0.716. The van der Waals surface area contributed by atoms with E-state index in [-0.39, 0.29) is 5.91 Å². The number of pyridine rings is 1. The topological polar surface area (TPSA) is 90.5 Å². The second-order valence-corrected chi connectivity index (χ2v) is 8.29. The molecule has 2 aliphatic heterocycles. The number of carbonyl (C=O) groups is 1. The normalized spacial score (nSPS) is 19.6. The number of nitrogens with one attached hydrogen (secondary N) is 2. The number of hydrogen-bond acceptors (Lipinski definition) is 5. The van der Waals surface area contributed by atoms with Gasteiger partial charge in [-0.05, 0) is 36.8 Å². The zero-order chi connectivity index (χ0) is 20.8. The van der Waals surface area contributed by atoms with Crippen LogP contribution in [0.15, 0.2) is 30.5 Å². The minimum absolute atomic E-state index is 0.0210. The van der Waals surface area contributed by atoms with E-state index in [2.05, 4.69) is 15.3 Å². The minimum atomic E-state index is -0.630. The summed E-state index contributed by atoms with van der Waals surface area (Å²) in [6.45, 7) is 4.70. The third-order valence-corrected chi connectivity index (χ3v) is 6.01. The molecule has 0 aliphatic carbocycles. The summed E-state index contributed by atoms with van der Waals surface area (Å²) in [6.07, 6.45) is 1.05. The Balaban J connectivity index is 1.54. The number of hydrogen-bond donors (Lipinski definition) is 3. The van der Waals surface area contributed by atoms with Gasteiger partial charge in [-0.1, -0.05) is 11.6 Å². The molecule has 3 aromatic rings. The summed E-state index contributed by atoms with van der Waals surface area (Å²) in [6, 6.07) is 7.54. The number of carbonyl (C=O) groups excluding carboxylic acids is 1. The van der Waals surface area contributed by atoms with Gasteiger partial charge in [-0.25, -0.2) is 4.98 Å². The van der Waals surface area contributed by atoms with Crippen LogP contribution in [0, 0.1) is 0 Å². The van der Waals surface area contributed by atoms with Gasteiger partial charge in [-0.3, -0.25) is 4.79 Å². The van der Waals surface area contributed by atoms with Crippen LogP contribution in [-0.2, 0) is 11.2 Å². The van der Waals surface area contributed by atoms with Gasteiger partial charge in [0, 0.05) is 66.0 Å². The average Bonchev–Trinajstić information content (AvgIpc) is 3.37. The van der Waals surface area contributed by atoms with Crippen molar-refractivity contribution in [2.45, 2.75) is 25.6 Å². The quantitative estimate of drug-likeness (QED) is 0.599. The first-order valence-electron chi connectivity index (χ1n) is 10.2. The Morgan fingerprint density at radius 1 is 1.30 bits per heavy atom. The molecule has 0 bridgehead atoms. The molecule has 1 saturated heterocycles. The van der Waals surface area contributed by atoms with E-state index in [9.17, 15) is 9.90 Å². The first-order valence-corrected chi connectivity index (χ1v) is 10.5. The Morgan fingerprint density at radius 2 is 2.10 bits per heavy atom. The van der Waals surface area contributed by atoms with Crippen molar-refractivity contribution in [3.63, 3.8) is 0 Å². The number of amides is 1. The summed E-state index contributed by atoms with van der Waals surface area (Å²) in [4.78, 5) is 22.4. The molecule has 0 saturated carbocycles. The Labute approximate surface area is 179 Å². The van der Waals surface area contributed by atoms with Crippen molar-refractivity contribution in [1.82, 2.24) is 20.2 Å². The second kappa shape index (κ2) is 7.58. The lowest BCUT2D eigenvalue weighted by Crippen LogP contribution is -2.50. The van der Waals surface area contributed by atoms with Crippen molar-refractivity contribution < 1.29 is 14.6 Å². The molecule has 5 rings (SSSR count). The Kier molecular flexibility index (Phi) is 4.89. The van der Waals surface area contributed by atoms with Gasteiger partial charge in [0.25, 0.3) is 5.91 Å². The molecular formula is C22H23ClN4O3. The lowest BCUT2D eigenvalue weighted by atomic mass is 9.99. The molecule has 1 unspecified atom stereocenters. The molecule has 2 aliphatic rings. The van der Waals surface area contributed by atoms with Crippen molar-refractivity contribution in [3.05, 3.63) is 46.7 Å². The van der Waals surface area contributed by atoms with Gasteiger partial charge in [0.05, 0.1) is 6.10 Å². The molecule has 0 spiro atoms. The maximum Gasteiger partial charge on any atom is 0.264 e. The summed E-state index contributed by atoms with van der Waals surface area (Å²) < 4.78 is 6.22. The van der Waals surface area contributed by atoms with Crippen LogP contribution in [0.3, 0.4) is 0 Å². The first-order chi connectivity index (χ1) is 14.5. The third kappa shape index (κ3) is 3.33. The number of aliphatic hydroxyl groups is 1. The van der Waals surface area contributed by atoms with Gasteiger partial charge in [0.2, 0.25) is 0 Å². The van der Waals surface area contributed by atoms with Crippen LogP contribution in [0.4, 0.5) is 0 Å². The van der Waals surface area contributed by atoms with Crippen LogP contribution in [0.25, 0.3) is 22.2 Å². The number of piperazine rings is 1. The fraction of sp³-hybridized carbons (Fsp3) is 0.364. The molecule has 30 heavy (non-hydrogen) atoms. The molecule has 8 heteroatoms. The number of aromatic amines is 1. The van der Waals surface area contributed by atoms with E-state index in [1.165, 1.54) is 0 Å². The van der Waals surface area contributed by atoms with Gasteiger partial charge in [0.15, 0.2) is 6.10 Å². The number of rotatable bonds is 3. The standard InChI is InChI=1S/C22H23ClN4O3/c1-12(28)18-11-17-15(2-3-25-21(17)26-18)16-10-14(23)8-13-9-19(30-20(13)16)22(29)27-6-4-24-5-7-27/h2-3,8,10-12,19,24,28H,4-7,9H2,1H3,(H,25,26)/t12-,19?/m1/s1. The van der Waals surface area contributed by atoms with Gasteiger partial charge in [-0.15, -0.1) is 0 Å². The highest BCUT2D eigenvalue weighted by molar-refractivity contribution is 6.31. The molecular weight excluding hydrogens is 404 g/mol. The highest BCUT2D eigenvalue weighted by atomic mass is 35.5. The van der Waals surface area contributed by atoms with Crippen molar-refractivity contribution in [1.29, 1.82) is 0 Å². The summed E-state index contributed by atoms with van der Waals surface area (Å²) >= 11 is 6.44. The van der Waals surface area contributed by atoms with E-state index >= 15 is 0 Å². The van der Waals surface area contributed by atoms with Crippen LogP contribution in [-0.4, -0.2) is 58.2 Å². The number of H-pyrrole nitrogens is 1. The van der Waals surface area contributed by atoms with E-state index in [1.54, 1.807) is 13.1 Å². The zero-order valence-corrected chi connectivity index (χ0v) is 17.4. The van der Waals surface area contributed by atoms with E-state index in [1.807, 2.05) is 29.2 Å². The van der Waals surface area contributed by atoms with E-state index in [0.717, 1.165) is 35.2 Å². The zero-order valence-electron chi connectivity index (χ0n) is 16.6. The molecule has 2 atom stereocenters. The summed E-state index contributed by atoms with van der Waals surface area (Å²) in [7, 11) is 0. The second-order valence-electron chi connectivity index (χ2n) is 7.85. The van der Waals surface area contributed by atoms with Crippen molar-refractivity contribution in [2.24, 2.45) is 0 Å². The SMILES string of the molecule is C[C@@H](O)c1cc2c(-c3cc(Cl)cc4c3OC(C(=O)N3CCNCC3)C4)ccnc2[nH]1. The lowest BCUT2D eigenvalue weighted by Gasteiger charge is -2.29. The number of halogens is 1. The molecule has 1 fully saturated rings. The van der Waals surface area contributed by atoms with Crippen molar-refractivity contribution >= 4 is 28.5 Å². The smallest absolute Gasteiger partial charge is 0.264 e. The van der Waals surface area contributed by atoms with Crippen LogP contribution in [0.5, 0.6) is 5.75 Å². The number of aromatic nitrogens is 2. The van der Waals surface area contributed by atoms with Gasteiger partial charge < -0.3 is 25.0 Å². The predicted molar refractivity (Wildman–Crippen MR) is 115 cm³/mol. The first kappa shape index (κ1) is 19.4. The Hall–Kier alpha value is -2.61. The van der Waals surface area contributed by atoms with Gasteiger partial charge >= 0.3 is 0 Å². The van der Waals surface area contributed by atoms with E-state index < -0.39 is 12.2 Å². The monoisotopic (exact) mass is 426 g/mol. The molecule has 1 aromatic carbocycles. The fourth-order valence-electron chi connectivity index (χ4n) is 4.26. The summed E-state index contributed by atoms with van der Waals surface area (Å²) in [5, 5.41) is 14.7. The maximum atomic E-state index is 13.0. The molecule has 4 heterocycles. The highest BCUT2D eigenvalue weighted by Gasteiger charge is 2.35. The van der Waals surface area contributed by atoms with E-state index in [0.29, 0.717) is 41.6 Å². The van der Waals surface area contributed by atoms with Crippen molar-refractivity contribution in [3.8, 4) is 16.9 Å². The van der Waals surface area contributed by atoms with Crippen LogP contribution >= 0.6 is 11.6 Å². The van der Waals surface area contributed by atoms with Crippen LogP contribution in [0.2, 0.25) is 5.02 Å². The van der Waals surface area contributed by atoms with E-state index in [4.69, 9.17) is 16.3 Å². The Bertz CT molecular complexity index is 1120. The lowest BCUT2D eigenvalue weighted by molar-refractivity contribution is -0.138. The number of ether oxygens (including phenoxy) is 1. The predicted octanol–water partition coefficient (Wildman–Crippen LogP) is 2.67. The van der Waals surface area contributed by atoms with Crippen molar-refractivity contribution in [2.75, 3.05) is 26.2 Å². The molecule has 2 aromatic heterocycles. The Morgan fingerprint density at radius 3 is 2.87 bits per heavy atom. The number of nitrogens with zero attached hydrogens (tertiary/aromatic N) is 2.